The molecule has 0 radical (unpaired) electrons. The zero-order valence-electron chi connectivity index (χ0n) is 21.3. The van der Waals surface area contributed by atoms with Gasteiger partial charge < -0.3 is 14.7 Å². The van der Waals surface area contributed by atoms with Gasteiger partial charge in [-0.2, -0.15) is 0 Å². The summed E-state index contributed by atoms with van der Waals surface area (Å²) in [5, 5.41) is 22.1. The van der Waals surface area contributed by atoms with E-state index in [-0.39, 0.29) is 17.9 Å². The molecule has 9 nitrogen and oxygen atoms in total. The first kappa shape index (κ1) is 26.9. The fourth-order valence-corrected chi connectivity index (χ4v) is 5.15. The van der Waals surface area contributed by atoms with E-state index >= 15 is 0 Å². The molecule has 2 aromatic carbocycles. The third-order valence-electron chi connectivity index (χ3n) is 7.36. The van der Waals surface area contributed by atoms with Crippen molar-refractivity contribution >= 4 is 17.6 Å². The van der Waals surface area contributed by atoms with Gasteiger partial charge in [-0.15, -0.1) is 0 Å². The fourth-order valence-electron chi connectivity index (χ4n) is 5.15. The number of ether oxygens (including phenoxy) is 1. The van der Waals surface area contributed by atoms with Crippen LogP contribution in [0.3, 0.4) is 0 Å². The maximum absolute atomic E-state index is 13.2. The minimum Gasteiger partial charge on any atom is -0.481 e. The molecule has 1 heterocycles. The lowest BCUT2D eigenvalue weighted by atomic mass is 9.69. The summed E-state index contributed by atoms with van der Waals surface area (Å²) in [4.78, 5) is 40.9. The van der Waals surface area contributed by atoms with E-state index in [1.807, 2.05) is 54.1 Å². The van der Waals surface area contributed by atoms with Gasteiger partial charge in [0.2, 0.25) is 0 Å². The van der Waals surface area contributed by atoms with Gasteiger partial charge in [0.15, 0.2) is 0 Å². The van der Waals surface area contributed by atoms with Gasteiger partial charge in [-0.3, -0.25) is 19.8 Å². The van der Waals surface area contributed by atoms with E-state index in [4.69, 9.17) is 4.74 Å². The maximum Gasteiger partial charge on any atom is 0.336 e. The van der Waals surface area contributed by atoms with Gasteiger partial charge >= 0.3 is 11.9 Å². The molecular formula is C27H33N3O6. The van der Waals surface area contributed by atoms with Crippen molar-refractivity contribution in [1.82, 2.24) is 9.80 Å². The molecule has 0 saturated heterocycles. The highest BCUT2D eigenvalue weighted by molar-refractivity contribution is 5.93. The monoisotopic (exact) mass is 495 g/mol. The number of rotatable bonds is 9. The van der Waals surface area contributed by atoms with Crippen molar-refractivity contribution in [3.8, 4) is 0 Å². The molecule has 0 spiro atoms. The van der Waals surface area contributed by atoms with E-state index in [0.717, 1.165) is 5.56 Å². The van der Waals surface area contributed by atoms with E-state index in [2.05, 4.69) is 0 Å². The van der Waals surface area contributed by atoms with Crippen LogP contribution in [0.4, 0.5) is 5.69 Å². The number of carbonyl (C=O) groups is 2. The lowest BCUT2D eigenvalue weighted by Gasteiger charge is -2.55. The van der Waals surface area contributed by atoms with Crippen LogP contribution >= 0.6 is 0 Å². The number of hydrogen-bond donors (Lipinski definition) is 1. The van der Waals surface area contributed by atoms with Crippen LogP contribution < -0.4 is 0 Å². The fraction of sp³-hybridized carbons (Fsp3) is 0.407. The molecule has 0 aromatic heterocycles. The number of hydrogen-bond acceptors (Lipinski definition) is 7. The molecular weight excluding hydrogens is 462 g/mol. The number of non-ortho nitro benzene ring substituents is 1. The first-order valence-corrected chi connectivity index (χ1v) is 11.9. The largest absolute Gasteiger partial charge is 0.481 e. The summed E-state index contributed by atoms with van der Waals surface area (Å²) in [6, 6.07) is 15.7. The van der Waals surface area contributed by atoms with E-state index in [1.54, 1.807) is 27.0 Å². The van der Waals surface area contributed by atoms with E-state index in [1.165, 1.54) is 18.2 Å². The van der Waals surface area contributed by atoms with Gasteiger partial charge in [-0.1, -0.05) is 42.5 Å². The number of likely N-dealkylation sites (N-methyl/N-ethyl adjacent to an activating group) is 1. The minimum absolute atomic E-state index is 0.118. The molecule has 0 saturated carbocycles. The van der Waals surface area contributed by atoms with Crippen LogP contribution in [0.2, 0.25) is 0 Å². The molecule has 2 aromatic rings. The third-order valence-corrected chi connectivity index (χ3v) is 7.36. The molecule has 0 fully saturated rings. The molecule has 9 heteroatoms. The number of benzene rings is 2. The Bertz CT molecular complexity index is 1170. The second kappa shape index (κ2) is 10.9. The number of carbonyl (C=O) groups excluding carboxylic acids is 1. The van der Waals surface area contributed by atoms with Gasteiger partial charge in [0.1, 0.15) is 11.6 Å². The maximum atomic E-state index is 13.2. The number of nitrogens with zero attached hydrogens (tertiary/aromatic N) is 3. The molecule has 1 aliphatic heterocycles. The quantitative estimate of drug-likeness (QED) is 0.315. The number of carboxylic acid groups (broad SMARTS) is 1. The summed E-state index contributed by atoms with van der Waals surface area (Å²) in [5.74, 6) is -3.82. The standard InChI is InChI=1S/C27H33N3O6/c1-6-36-26(33)22-18(2)29(5)27(3,28(4)16-15-19-11-8-7-9-12-19)24(25(31)32)23(22)20-13-10-14-21(17-20)30(34)35/h7-14,17,23-24H,6,15-16H2,1-5H3,(H,31,32). The number of allylic oxidation sites excluding steroid dienone is 1. The number of carboxylic acids is 1. The van der Waals surface area contributed by atoms with Crippen molar-refractivity contribution in [2.24, 2.45) is 5.92 Å². The average molecular weight is 496 g/mol. The molecule has 0 amide bonds. The molecule has 192 valence electrons. The highest BCUT2D eigenvalue weighted by atomic mass is 16.6. The first-order chi connectivity index (χ1) is 17.0. The molecule has 0 bridgehead atoms. The smallest absolute Gasteiger partial charge is 0.336 e. The van der Waals surface area contributed by atoms with Crippen LogP contribution in [0.1, 0.15) is 37.8 Å². The minimum atomic E-state index is -1.13. The Kier molecular flexibility index (Phi) is 8.14. The predicted octanol–water partition coefficient (Wildman–Crippen LogP) is 4.05. The van der Waals surface area contributed by atoms with E-state index in [0.29, 0.717) is 24.2 Å². The Morgan fingerprint density at radius 3 is 2.44 bits per heavy atom. The Hall–Kier alpha value is -3.72. The zero-order chi connectivity index (χ0) is 26.6. The SMILES string of the molecule is CCOC(=O)C1=C(C)N(C)C(C)(N(C)CCc2ccccc2)C(C(=O)O)C1c1cccc([N+](=O)[O-])c1. The Morgan fingerprint density at radius 1 is 1.19 bits per heavy atom. The van der Waals surface area contributed by atoms with Crippen molar-refractivity contribution in [3.05, 3.63) is 87.1 Å². The number of aliphatic carboxylic acids is 1. The topological polar surface area (TPSA) is 113 Å². The summed E-state index contributed by atoms with van der Waals surface area (Å²) in [6.07, 6.45) is 0.697. The summed E-state index contributed by atoms with van der Waals surface area (Å²) in [5.41, 5.74) is 1.03. The van der Waals surface area contributed by atoms with Crippen LogP contribution in [-0.2, 0) is 20.7 Å². The van der Waals surface area contributed by atoms with Crippen LogP contribution in [0, 0.1) is 16.0 Å². The zero-order valence-corrected chi connectivity index (χ0v) is 21.3. The molecule has 1 aliphatic rings. The van der Waals surface area contributed by atoms with Crippen LogP contribution in [0.25, 0.3) is 0 Å². The predicted molar refractivity (Wildman–Crippen MR) is 135 cm³/mol. The summed E-state index contributed by atoms with van der Waals surface area (Å²) < 4.78 is 5.33. The average Bonchev–Trinajstić information content (AvgIpc) is 2.86. The van der Waals surface area contributed by atoms with Crippen molar-refractivity contribution < 1.29 is 24.4 Å². The van der Waals surface area contributed by atoms with Crippen molar-refractivity contribution in [2.45, 2.75) is 38.8 Å². The number of nitro benzene ring substituents is 1. The molecule has 0 aliphatic carbocycles. The molecule has 1 N–H and O–H groups in total. The lowest BCUT2D eigenvalue weighted by Crippen LogP contribution is -2.66. The first-order valence-electron chi connectivity index (χ1n) is 11.9. The molecule has 3 rings (SSSR count). The van der Waals surface area contributed by atoms with Crippen molar-refractivity contribution in [3.63, 3.8) is 0 Å². The van der Waals surface area contributed by atoms with Crippen LogP contribution in [0.15, 0.2) is 65.9 Å². The van der Waals surface area contributed by atoms with Gasteiger partial charge in [-0.25, -0.2) is 4.79 Å². The van der Waals surface area contributed by atoms with Crippen LogP contribution in [0.5, 0.6) is 0 Å². The summed E-state index contributed by atoms with van der Waals surface area (Å²) >= 11 is 0. The number of esters is 1. The third kappa shape index (κ3) is 4.97. The Labute approximate surface area is 211 Å². The van der Waals surface area contributed by atoms with E-state index in [9.17, 15) is 24.8 Å². The van der Waals surface area contributed by atoms with Gasteiger partial charge in [-0.05, 0) is 45.4 Å². The highest BCUT2D eigenvalue weighted by Crippen LogP contribution is 2.49. The van der Waals surface area contributed by atoms with Crippen molar-refractivity contribution in [2.75, 3.05) is 27.2 Å². The molecule has 3 atom stereocenters. The second-order valence-corrected chi connectivity index (χ2v) is 9.18. The Balaban J connectivity index is 2.18. The van der Waals surface area contributed by atoms with Crippen LogP contribution in [-0.4, -0.2) is 64.7 Å². The normalized spacial score (nSPS) is 22.0. The van der Waals surface area contributed by atoms with Gasteiger partial charge in [0.25, 0.3) is 5.69 Å². The summed E-state index contributed by atoms with van der Waals surface area (Å²) in [6.45, 7) is 5.95. The number of nitro groups is 1. The molecule has 3 unspecified atom stereocenters. The Morgan fingerprint density at radius 2 is 1.86 bits per heavy atom. The summed E-state index contributed by atoms with van der Waals surface area (Å²) in [7, 11) is 3.63. The lowest BCUT2D eigenvalue weighted by molar-refractivity contribution is -0.384. The second-order valence-electron chi connectivity index (χ2n) is 9.18. The van der Waals surface area contributed by atoms with Gasteiger partial charge in [0, 0.05) is 37.3 Å². The van der Waals surface area contributed by atoms with E-state index < -0.39 is 34.4 Å². The highest BCUT2D eigenvalue weighted by Gasteiger charge is 2.56. The van der Waals surface area contributed by atoms with Gasteiger partial charge in [0.05, 0.1) is 17.1 Å². The molecule has 36 heavy (non-hydrogen) atoms. The van der Waals surface area contributed by atoms with Crippen molar-refractivity contribution in [1.29, 1.82) is 0 Å².